The molecule has 30 heavy (non-hydrogen) atoms. The van der Waals surface area contributed by atoms with Crippen molar-refractivity contribution in [2.24, 2.45) is 11.8 Å². The number of carbonyl (C=O) groups excluding carboxylic acids is 1. The van der Waals surface area contributed by atoms with Crippen LogP contribution in [-0.2, 0) is 9.22 Å². The summed E-state index contributed by atoms with van der Waals surface area (Å²) in [5, 5.41) is 2.68. The molecule has 164 valence electrons. The third kappa shape index (κ3) is 5.92. The third-order valence-electron chi connectivity index (χ3n) is 6.47. The zero-order chi connectivity index (χ0) is 22.2. The predicted octanol–water partition coefficient (Wildman–Crippen LogP) is 5.98. The second-order valence-corrected chi connectivity index (χ2v) is 14.0. The van der Waals surface area contributed by atoms with Gasteiger partial charge in [-0.1, -0.05) is 108 Å². The van der Waals surface area contributed by atoms with Crippen molar-refractivity contribution >= 4 is 24.5 Å². The highest BCUT2D eigenvalue weighted by atomic mass is 28.4. The number of hydrogen-bond acceptors (Lipinski definition) is 2. The average Bonchev–Trinajstić information content (AvgIpc) is 2.73. The number of hydrogen-bond donors (Lipinski definition) is 0. The minimum atomic E-state index is -2.46. The van der Waals surface area contributed by atoms with Gasteiger partial charge in [-0.15, -0.1) is 0 Å². The van der Waals surface area contributed by atoms with Gasteiger partial charge in [0.15, 0.2) is 0 Å². The molecule has 2 rings (SSSR count). The summed E-state index contributed by atoms with van der Waals surface area (Å²) < 4.78 is 7.10. The van der Waals surface area contributed by atoms with Gasteiger partial charge in [-0.25, -0.2) is 0 Å². The van der Waals surface area contributed by atoms with Crippen LogP contribution in [0.1, 0.15) is 67.2 Å². The van der Waals surface area contributed by atoms with Crippen LogP contribution in [0.3, 0.4) is 0 Å². The van der Waals surface area contributed by atoms with E-state index in [9.17, 15) is 4.79 Å². The van der Waals surface area contributed by atoms with Gasteiger partial charge in [0.1, 0.15) is 5.78 Å². The highest BCUT2D eigenvalue weighted by Crippen LogP contribution is 2.37. The Morgan fingerprint density at radius 3 is 1.83 bits per heavy atom. The summed E-state index contributed by atoms with van der Waals surface area (Å²) >= 11 is 0. The van der Waals surface area contributed by atoms with E-state index in [1.165, 1.54) is 10.4 Å². The lowest BCUT2D eigenvalue weighted by atomic mass is 9.95. The summed E-state index contributed by atoms with van der Waals surface area (Å²) in [5.41, 5.74) is 0. The molecule has 0 radical (unpaired) electrons. The Hall–Kier alpha value is -1.71. The van der Waals surface area contributed by atoms with Crippen LogP contribution in [0.5, 0.6) is 0 Å². The quantitative estimate of drug-likeness (QED) is 0.414. The second kappa shape index (κ2) is 11.1. The van der Waals surface area contributed by atoms with Crippen molar-refractivity contribution in [3.8, 4) is 0 Å². The normalized spacial score (nSPS) is 14.3. The van der Waals surface area contributed by atoms with E-state index < -0.39 is 8.32 Å². The van der Waals surface area contributed by atoms with Crippen LogP contribution in [0.2, 0.25) is 5.04 Å². The molecule has 0 unspecified atom stereocenters. The summed E-state index contributed by atoms with van der Waals surface area (Å²) in [6.07, 6.45) is 4.29. The zero-order valence-electron chi connectivity index (χ0n) is 19.8. The number of Topliss-reactive ketones (excluding diaryl/α,β-unsaturated/α-hetero) is 1. The molecule has 0 N–H and O–H groups in total. The van der Waals surface area contributed by atoms with Gasteiger partial charge in [0.05, 0.1) is 0 Å². The number of benzene rings is 2. The summed E-state index contributed by atoms with van der Waals surface area (Å²) in [4.78, 5) is 11.6. The fourth-order valence-corrected chi connectivity index (χ4v) is 8.97. The molecule has 0 spiro atoms. The van der Waals surface area contributed by atoms with E-state index in [0.29, 0.717) is 11.7 Å². The molecule has 0 saturated carbocycles. The minimum absolute atomic E-state index is 0.0111. The Morgan fingerprint density at radius 2 is 1.43 bits per heavy atom. The lowest BCUT2D eigenvalue weighted by Crippen LogP contribution is -2.66. The van der Waals surface area contributed by atoms with Gasteiger partial charge < -0.3 is 4.43 Å². The molecule has 0 aliphatic heterocycles. The molecule has 3 heteroatoms. The van der Waals surface area contributed by atoms with E-state index in [1.54, 1.807) is 6.92 Å². The molecule has 0 amide bonds. The Labute approximate surface area is 185 Å². The number of ketones is 1. The topological polar surface area (TPSA) is 26.3 Å². The van der Waals surface area contributed by atoms with E-state index >= 15 is 0 Å². The standard InChI is InChI=1S/C27H40O2Si/c1-7-24(16-14-15-22(2)23(3)28)21-29-30(27(4,5)6,25-17-10-8-11-18-25)26-19-12-9-13-20-26/h8-13,17-20,22,24H,7,14-16,21H2,1-6H3/t22-,24+/m0/s1. The van der Waals surface area contributed by atoms with Gasteiger partial charge in [-0.2, -0.15) is 0 Å². The van der Waals surface area contributed by atoms with Gasteiger partial charge in [0.25, 0.3) is 8.32 Å². The monoisotopic (exact) mass is 424 g/mol. The Balaban J connectivity index is 2.28. The van der Waals surface area contributed by atoms with Crippen LogP contribution in [-0.4, -0.2) is 20.7 Å². The molecule has 2 nitrogen and oxygen atoms in total. The van der Waals surface area contributed by atoms with Crippen molar-refractivity contribution in [1.82, 2.24) is 0 Å². The average molecular weight is 425 g/mol. The molecule has 0 aliphatic carbocycles. The lowest BCUT2D eigenvalue weighted by molar-refractivity contribution is -0.120. The van der Waals surface area contributed by atoms with Crippen molar-refractivity contribution < 1.29 is 9.22 Å². The highest BCUT2D eigenvalue weighted by Gasteiger charge is 2.50. The highest BCUT2D eigenvalue weighted by molar-refractivity contribution is 6.99. The minimum Gasteiger partial charge on any atom is -0.407 e. The largest absolute Gasteiger partial charge is 0.407 e. The van der Waals surface area contributed by atoms with Crippen molar-refractivity contribution in [3.63, 3.8) is 0 Å². The first-order valence-electron chi connectivity index (χ1n) is 11.5. The van der Waals surface area contributed by atoms with Gasteiger partial charge in [-0.3, -0.25) is 4.79 Å². The molecule has 0 saturated heterocycles. The molecule has 0 fully saturated rings. The Bertz CT molecular complexity index is 725. The van der Waals surface area contributed by atoms with Crippen LogP contribution >= 0.6 is 0 Å². The van der Waals surface area contributed by atoms with Gasteiger partial charge >= 0.3 is 0 Å². The van der Waals surface area contributed by atoms with Crippen molar-refractivity contribution in [3.05, 3.63) is 60.7 Å². The van der Waals surface area contributed by atoms with E-state index in [4.69, 9.17) is 4.43 Å². The molecular weight excluding hydrogens is 384 g/mol. The van der Waals surface area contributed by atoms with Crippen LogP contribution in [0, 0.1) is 11.8 Å². The Kier molecular flexibility index (Phi) is 9.05. The fraction of sp³-hybridized carbons (Fsp3) is 0.519. The van der Waals surface area contributed by atoms with Crippen molar-refractivity contribution in [1.29, 1.82) is 0 Å². The first-order chi connectivity index (χ1) is 14.2. The zero-order valence-corrected chi connectivity index (χ0v) is 20.8. The summed E-state index contributed by atoms with van der Waals surface area (Å²) in [7, 11) is -2.46. The number of carbonyl (C=O) groups is 1. The molecule has 2 atom stereocenters. The molecule has 0 aliphatic rings. The molecule has 2 aromatic rings. The first kappa shape index (κ1) is 24.6. The summed E-state index contributed by atoms with van der Waals surface area (Å²) in [6, 6.07) is 21.7. The maximum Gasteiger partial charge on any atom is 0.261 e. The van der Waals surface area contributed by atoms with E-state index in [1.807, 2.05) is 6.92 Å². The molecule has 2 aromatic carbocycles. The SMILES string of the molecule is CC[C@H](CCC[C@H](C)C(C)=O)CO[Si](c1ccccc1)(c1ccccc1)C(C)(C)C. The fourth-order valence-electron chi connectivity index (χ4n) is 4.33. The molecule has 0 aromatic heterocycles. The van der Waals surface area contributed by atoms with Gasteiger partial charge in [0, 0.05) is 12.5 Å². The first-order valence-corrected chi connectivity index (χ1v) is 13.4. The van der Waals surface area contributed by atoms with Gasteiger partial charge in [0.2, 0.25) is 0 Å². The maximum atomic E-state index is 11.6. The lowest BCUT2D eigenvalue weighted by Gasteiger charge is -2.43. The molecular formula is C27H40O2Si. The molecule has 0 bridgehead atoms. The summed E-state index contributed by atoms with van der Waals surface area (Å²) in [5.74, 6) is 0.984. The van der Waals surface area contributed by atoms with E-state index in [2.05, 4.69) is 88.4 Å². The Morgan fingerprint density at radius 1 is 0.933 bits per heavy atom. The van der Waals surface area contributed by atoms with Gasteiger partial charge in [-0.05, 0) is 41.1 Å². The van der Waals surface area contributed by atoms with Crippen LogP contribution in [0.25, 0.3) is 0 Å². The van der Waals surface area contributed by atoms with Crippen LogP contribution in [0.15, 0.2) is 60.7 Å². The number of rotatable bonds is 11. The smallest absolute Gasteiger partial charge is 0.261 e. The van der Waals surface area contributed by atoms with Crippen molar-refractivity contribution in [2.45, 2.75) is 72.3 Å². The van der Waals surface area contributed by atoms with E-state index in [0.717, 1.165) is 32.3 Å². The molecule has 0 heterocycles. The maximum absolute atomic E-state index is 11.6. The van der Waals surface area contributed by atoms with E-state index in [-0.39, 0.29) is 11.0 Å². The second-order valence-electron chi connectivity index (χ2n) is 9.69. The van der Waals surface area contributed by atoms with Crippen molar-refractivity contribution in [2.75, 3.05) is 6.61 Å². The summed E-state index contributed by atoms with van der Waals surface area (Å²) in [6.45, 7) is 13.8. The van der Waals surface area contributed by atoms with Crippen LogP contribution < -0.4 is 10.4 Å². The van der Waals surface area contributed by atoms with Crippen LogP contribution in [0.4, 0.5) is 0 Å². The predicted molar refractivity (Wildman–Crippen MR) is 131 cm³/mol. The third-order valence-corrected chi connectivity index (χ3v) is 11.5.